The Hall–Kier alpha value is -0.500. The first-order valence-electron chi connectivity index (χ1n) is 6.13. The van der Waals surface area contributed by atoms with Crippen LogP contribution in [0.1, 0.15) is 37.2 Å². The number of thiazole rings is 1. The van der Waals surface area contributed by atoms with Crippen LogP contribution in [0.25, 0.3) is 0 Å². The summed E-state index contributed by atoms with van der Waals surface area (Å²) in [6.07, 6.45) is 3.95. The van der Waals surface area contributed by atoms with E-state index < -0.39 is 10.0 Å². The lowest BCUT2D eigenvalue weighted by Crippen LogP contribution is -2.30. The van der Waals surface area contributed by atoms with Gasteiger partial charge in [-0.25, -0.2) is 18.1 Å². The molecular formula is C11H21N3O2S2. The Bertz CT molecular complexity index is 418. The summed E-state index contributed by atoms with van der Waals surface area (Å²) >= 11 is 1.48. The zero-order chi connectivity index (χ0) is 13.4. The van der Waals surface area contributed by atoms with Crippen LogP contribution in [0.3, 0.4) is 0 Å². The molecule has 0 bridgehead atoms. The third kappa shape index (κ3) is 5.43. The van der Waals surface area contributed by atoms with Gasteiger partial charge in [0.15, 0.2) is 0 Å². The third-order valence-corrected chi connectivity index (χ3v) is 4.93. The molecule has 0 saturated carbocycles. The zero-order valence-electron chi connectivity index (χ0n) is 10.8. The number of hydrogen-bond donors (Lipinski definition) is 2. The summed E-state index contributed by atoms with van der Waals surface area (Å²) in [6, 6.07) is -0.195. The van der Waals surface area contributed by atoms with Crippen LogP contribution >= 0.6 is 11.3 Å². The Morgan fingerprint density at radius 1 is 1.44 bits per heavy atom. The predicted molar refractivity (Wildman–Crippen MR) is 75.2 cm³/mol. The number of sulfonamides is 1. The second-order valence-electron chi connectivity index (χ2n) is 4.08. The fourth-order valence-electron chi connectivity index (χ4n) is 1.58. The molecule has 2 N–H and O–H groups in total. The van der Waals surface area contributed by atoms with Crippen LogP contribution in [-0.4, -0.2) is 32.7 Å². The van der Waals surface area contributed by atoms with Crippen molar-refractivity contribution in [1.82, 2.24) is 15.0 Å². The fraction of sp³-hybridized carbons (Fsp3) is 0.727. The first kappa shape index (κ1) is 15.6. The van der Waals surface area contributed by atoms with E-state index in [1.807, 2.05) is 19.4 Å². The minimum atomic E-state index is -3.21. The molecule has 7 heteroatoms. The number of aromatic nitrogens is 1. The maximum atomic E-state index is 11.9. The summed E-state index contributed by atoms with van der Waals surface area (Å²) in [4.78, 5) is 4.16. The summed E-state index contributed by atoms with van der Waals surface area (Å²) in [6.45, 7) is 2.80. The van der Waals surface area contributed by atoms with Crippen LogP contribution in [0.4, 0.5) is 0 Å². The first-order chi connectivity index (χ1) is 8.59. The van der Waals surface area contributed by atoms with Gasteiger partial charge in [0.1, 0.15) is 5.01 Å². The molecule has 0 amide bonds. The van der Waals surface area contributed by atoms with E-state index in [1.54, 1.807) is 6.20 Å². The number of nitrogens with one attached hydrogen (secondary N) is 2. The molecule has 18 heavy (non-hydrogen) atoms. The highest BCUT2D eigenvalue weighted by Crippen LogP contribution is 2.19. The standard InChI is InChI=1S/C11H21N3O2S2/c1-3-10(11-13-7-8-17-11)14-18(15,16)9-5-4-6-12-2/h7-8,10,12,14H,3-6,9H2,1-2H3. The molecule has 0 saturated heterocycles. The van der Waals surface area contributed by atoms with Crippen molar-refractivity contribution in [3.63, 3.8) is 0 Å². The Balaban J connectivity index is 2.48. The molecular weight excluding hydrogens is 270 g/mol. The Morgan fingerprint density at radius 2 is 2.22 bits per heavy atom. The van der Waals surface area contributed by atoms with Crippen molar-refractivity contribution >= 4 is 21.4 Å². The molecule has 0 aliphatic rings. The van der Waals surface area contributed by atoms with Crippen LogP contribution in [0.2, 0.25) is 0 Å². The molecule has 0 spiro atoms. The molecule has 1 unspecified atom stereocenters. The van der Waals surface area contributed by atoms with Crippen LogP contribution in [0, 0.1) is 0 Å². The molecule has 1 atom stereocenters. The van der Waals surface area contributed by atoms with E-state index in [0.717, 1.165) is 18.0 Å². The van der Waals surface area contributed by atoms with Crippen molar-refractivity contribution in [3.8, 4) is 0 Å². The summed E-state index contributed by atoms with van der Waals surface area (Å²) in [5.74, 6) is 0.177. The monoisotopic (exact) mass is 291 g/mol. The molecule has 104 valence electrons. The van der Waals surface area contributed by atoms with E-state index in [1.165, 1.54) is 11.3 Å². The second-order valence-corrected chi connectivity index (χ2v) is 6.88. The SMILES string of the molecule is CCC(NS(=O)(=O)CCCCNC)c1nccs1. The molecule has 1 aromatic rings. The van der Waals surface area contributed by atoms with E-state index in [9.17, 15) is 8.42 Å². The minimum absolute atomic E-state index is 0.177. The van der Waals surface area contributed by atoms with Gasteiger partial charge in [0.05, 0.1) is 11.8 Å². The molecule has 0 aliphatic carbocycles. The molecule has 0 aliphatic heterocycles. The lowest BCUT2D eigenvalue weighted by atomic mass is 10.3. The minimum Gasteiger partial charge on any atom is -0.320 e. The van der Waals surface area contributed by atoms with Gasteiger partial charge >= 0.3 is 0 Å². The van der Waals surface area contributed by atoms with Gasteiger partial charge in [-0.1, -0.05) is 6.92 Å². The van der Waals surface area contributed by atoms with E-state index in [4.69, 9.17) is 0 Å². The lowest BCUT2D eigenvalue weighted by Gasteiger charge is -2.14. The van der Waals surface area contributed by atoms with E-state index in [2.05, 4.69) is 15.0 Å². The lowest BCUT2D eigenvalue weighted by molar-refractivity contribution is 0.545. The number of unbranched alkanes of at least 4 members (excludes halogenated alkanes) is 1. The zero-order valence-corrected chi connectivity index (χ0v) is 12.5. The second kappa shape index (κ2) is 7.83. The van der Waals surface area contributed by atoms with Crippen LogP contribution in [-0.2, 0) is 10.0 Å². The number of hydrogen-bond acceptors (Lipinski definition) is 5. The van der Waals surface area contributed by atoms with E-state index in [-0.39, 0.29) is 11.8 Å². The molecule has 1 heterocycles. The van der Waals surface area contributed by atoms with Crippen LogP contribution in [0.5, 0.6) is 0 Å². The Kier molecular flexibility index (Phi) is 6.77. The molecule has 0 aromatic carbocycles. The topological polar surface area (TPSA) is 71.1 Å². The van der Waals surface area contributed by atoms with Gasteiger partial charge in [0.25, 0.3) is 0 Å². The Morgan fingerprint density at radius 3 is 2.78 bits per heavy atom. The fourth-order valence-corrected chi connectivity index (χ4v) is 3.85. The van der Waals surface area contributed by atoms with Crippen LogP contribution in [0.15, 0.2) is 11.6 Å². The predicted octanol–water partition coefficient (Wildman–Crippen LogP) is 1.51. The maximum Gasteiger partial charge on any atom is 0.212 e. The van der Waals surface area contributed by atoms with Crippen molar-refractivity contribution in [1.29, 1.82) is 0 Å². The van der Waals surface area contributed by atoms with Crippen molar-refractivity contribution in [2.75, 3.05) is 19.3 Å². The third-order valence-electron chi connectivity index (χ3n) is 2.57. The molecule has 0 fully saturated rings. The smallest absolute Gasteiger partial charge is 0.212 e. The van der Waals surface area contributed by atoms with Crippen molar-refractivity contribution in [2.24, 2.45) is 0 Å². The van der Waals surface area contributed by atoms with Crippen molar-refractivity contribution in [3.05, 3.63) is 16.6 Å². The summed E-state index contributed by atoms with van der Waals surface area (Å²) < 4.78 is 26.5. The van der Waals surface area contributed by atoms with Gasteiger partial charge in [-0.15, -0.1) is 11.3 Å². The Labute approximate surface area is 113 Å². The van der Waals surface area contributed by atoms with E-state index in [0.29, 0.717) is 12.8 Å². The van der Waals surface area contributed by atoms with E-state index >= 15 is 0 Å². The van der Waals surface area contributed by atoms with Gasteiger partial charge in [0.2, 0.25) is 10.0 Å². The quantitative estimate of drug-likeness (QED) is 0.677. The summed E-state index contributed by atoms with van der Waals surface area (Å²) in [7, 11) is -1.35. The number of nitrogens with zero attached hydrogens (tertiary/aromatic N) is 1. The summed E-state index contributed by atoms with van der Waals surface area (Å²) in [5, 5.41) is 5.69. The first-order valence-corrected chi connectivity index (χ1v) is 8.66. The van der Waals surface area contributed by atoms with Gasteiger partial charge < -0.3 is 5.32 Å². The highest BCUT2D eigenvalue weighted by molar-refractivity contribution is 7.89. The molecule has 1 aromatic heterocycles. The van der Waals surface area contributed by atoms with Crippen molar-refractivity contribution in [2.45, 2.75) is 32.2 Å². The summed E-state index contributed by atoms with van der Waals surface area (Å²) in [5.41, 5.74) is 0. The van der Waals surface area contributed by atoms with Crippen LogP contribution < -0.4 is 10.0 Å². The maximum absolute atomic E-state index is 11.9. The number of rotatable bonds is 9. The average Bonchev–Trinajstić information content (AvgIpc) is 2.85. The van der Waals surface area contributed by atoms with Crippen molar-refractivity contribution < 1.29 is 8.42 Å². The van der Waals surface area contributed by atoms with Gasteiger partial charge in [-0.3, -0.25) is 0 Å². The molecule has 1 rings (SSSR count). The van der Waals surface area contributed by atoms with Gasteiger partial charge in [-0.2, -0.15) is 0 Å². The largest absolute Gasteiger partial charge is 0.320 e. The highest BCUT2D eigenvalue weighted by Gasteiger charge is 2.19. The van der Waals surface area contributed by atoms with Gasteiger partial charge in [-0.05, 0) is 32.9 Å². The van der Waals surface area contributed by atoms with Gasteiger partial charge in [0, 0.05) is 11.6 Å². The average molecular weight is 291 g/mol. The molecule has 0 radical (unpaired) electrons. The molecule has 5 nitrogen and oxygen atoms in total. The highest BCUT2D eigenvalue weighted by atomic mass is 32.2. The normalized spacial score (nSPS) is 13.7.